The van der Waals surface area contributed by atoms with Crippen LogP contribution in [-0.2, 0) is 0 Å². The molecule has 0 atom stereocenters. The molecule has 0 bridgehead atoms. The summed E-state index contributed by atoms with van der Waals surface area (Å²) in [4.78, 5) is 0. The third kappa shape index (κ3) is 1.64. The number of benzene rings is 2. The van der Waals surface area contributed by atoms with Gasteiger partial charge < -0.3 is 0 Å². The summed E-state index contributed by atoms with van der Waals surface area (Å²) in [6.07, 6.45) is 0. The summed E-state index contributed by atoms with van der Waals surface area (Å²) in [6.45, 7) is 0. The van der Waals surface area contributed by atoms with Crippen LogP contribution in [0, 0.1) is 11.6 Å². The molecule has 0 radical (unpaired) electrons. The topological polar surface area (TPSA) is 51.6 Å². The molecule has 4 nitrogen and oxygen atoms in total. The molecule has 0 amide bonds. The molecular weight excluding hydrogens is 540 g/mol. The monoisotopic (exact) mass is 544 g/mol. The minimum atomic E-state index is -1.05. The number of hydrogen-bond acceptors (Lipinski definition) is 4. The van der Waals surface area contributed by atoms with Crippen molar-refractivity contribution < 1.29 is 8.78 Å². The fourth-order valence-electron chi connectivity index (χ4n) is 2.08. The van der Waals surface area contributed by atoms with Crippen molar-refractivity contribution in [2.24, 2.45) is 0 Å². The van der Waals surface area contributed by atoms with Gasteiger partial charge in [0.2, 0.25) is 0 Å². The summed E-state index contributed by atoms with van der Waals surface area (Å²) in [5.41, 5.74) is 1.03. The normalized spacial score (nSPS) is 12.0. The van der Waals surface area contributed by atoms with Crippen LogP contribution >= 0.6 is 23.2 Å². The van der Waals surface area contributed by atoms with Gasteiger partial charge in [-0.3, -0.25) is 0 Å². The van der Waals surface area contributed by atoms with Gasteiger partial charge in [0, 0.05) is 0 Å². The summed E-state index contributed by atoms with van der Waals surface area (Å²) < 4.78 is 45.6. The third-order valence-corrected chi connectivity index (χ3v) is 6.65. The van der Waals surface area contributed by atoms with Crippen molar-refractivity contribution in [3.05, 3.63) is 21.7 Å². The van der Waals surface area contributed by atoms with Gasteiger partial charge in [0.1, 0.15) is 0 Å². The summed E-state index contributed by atoms with van der Waals surface area (Å²) >= 11 is 9.86. The van der Waals surface area contributed by atoms with Gasteiger partial charge in [-0.2, -0.15) is 0 Å². The van der Waals surface area contributed by atoms with Crippen LogP contribution in [0.1, 0.15) is 0 Å². The molecule has 10 heteroatoms. The number of aromatic nitrogens is 4. The van der Waals surface area contributed by atoms with Gasteiger partial charge in [0.25, 0.3) is 0 Å². The van der Waals surface area contributed by atoms with Gasteiger partial charge in [-0.25, -0.2) is 0 Å². The Morgan fingerprint density at radius 3 is 1.40 bits per heavy atom. The van der Waals surface area contributed by atoms with E-state index in [1.807, 2.05) is 0 Å². The first kappa shape index (κ1) is 13.6. The molecule has 0 spiro atoms. The second kappa shape index (κ2) is 4.71. The van der Waals surface area contributed by atoms with Crippen LogP contribution in [-0.4, -0.2) is 54.8 Å². The van der Waals surface area contributed by atoms with E-state index in [9.17, 15) is 8.78 Å². The Hall–Kier alpha value is -0.0808. The second-order valence-electron chi connectivity index (χ2n) is 3.93. The predicted octanol–water partition coefficient (Wildman–Crippen LogP) is 2.43. The number of halogens is 4. The van der Waals surface area contributed by atoms with E-state index in [4.69, 9.17) is 23.2 Å². The molecule has 0 aliphatic carbocycles. The Balaban J connectivity index is 2.49. The van der Waals surface area contributed by atoms with Crippen molar-refractivity contribution in [1.82, 2.24) is 12.8 Å². The first-order valence-corrected chi connectivity index (χ1v) is 10.1. The van der Waals surface area contributed by atoms with Crippen LogP contribution in [0.3, 0.4) is 0 Å². The maximum absolute atomic E-state index is 14.5. The standard InChI is InChI=1S/C10Cl2F2N4Te2/c11-3-5(13)1-2(8-10(3)18-20-16-8)6(14)4(12)9-7(1)15-19-17-9. The number of nitrogens with zero attached hydrogens (tertiary/aromatic N) is 4. The molecule has 4 rings (SSSR count). The molecule has 0 aliphatic heterocycles. The molecule has 20 heavy (non-hydrogen) atoms. The van der Waals surface area contributed by atoms with Crippen molar-refractivity contribution in [2.45, 2.75) is 0 Å². The van der Waals surface area contributed by atoms with Gasteiger partial charge in [-0.15, -0.1) is 0 Å². The van der Waals surface area contributed by atoms with Crippen LogP contribution in [0.5, 0.6) is 0 Å². The molecule has 0 unspecified atom stereocenters. The summed E-state index contributed by atoms with van der Waals surface area (Å²) in [5.74, 6) is -1.46. The first-order chi connectivity index (χ1) is 9.61. The quantitative estimate of drug-likeness (QED) is 0.322. The van der Waals surface area contributed by atoms with Crippen LogP contribution in [0.25, 0.3) is 32.8 Å². The van der Waals surface area contributed by atoms with E-state index in [2.05, 4.69) is 12.8 Å². The molecule has 100 valence electrons. The zero-order valence-corrected chi connectivity index (χ0v) is 15.3. The van der Waals surface area contributed by atoms with Crippen LogP contribution in [0.4, 0.5) is 8.78 Å². The van der Waals surface area contributed by atoms with E-state index >= 15 is 0 Å². The summed E-state index contributed by atoms with van der Waals surface area (Å²) in [6, 6.07) is 0. The maximum atomic E-state index is 14.5. The van der Waals surface area contributed by atoms with Crippen molar-refractivity contribution >= 4 is 98.0 Å². The van der Waals surface area contributed by atoms with E-state index < -0.39 is 53.6 Å². The van der Waals surface area contributed by atoms with Gasteiger partial charge in [0.15, 0.2) is 0 Å². The van der Waals surface area contributed by atoms with Crippen LogP contribution < -0.4 is 0 Å². The second-order valence-corrected chi connectivity index (χ2v) is 7.70. The predicted molar refractivity (Wildman–Crippen MR) is 74.0 cm³/mol. The molecular formula is C10Cl2F2N4Te2. The molecule has 2 heterocycles. The zero-order chi connectivity index (χ0) is 14.0. The van der Waals surface area contributed by atoms with Gasteiger partial charge in [0.05, 0.1) is 0 Å². The SMILES string of the molecule is Fc1c(Cl)c2n[te]nc2c2c(F)c(Cl)c3n[te]nc3c12. The van der Waals surface area contributed by atoms with Crippen LogP contribution in [0.2, 0.25) is 10.0 Å². The fourth-order valence-corrected chi connectivity index (χ4v) is 6.05. The number of rotatable bonds is 0. The summed E-state index contributed by atoms with van der Waals surface area (Å²) in [5, 5.41) is -0.230. The van der Waals surface area contributed by atoms with E-state index in [0.717, 1.165) is 0 Å². The van der Waals surface area contributed by atoms with Crippen molar-refractivity contribution in [2.75, 3.05) is 0 Å². The molecule has 2 aromatic heterocycles. The fraction of sp³-hybridized carbons (Fsp3) is 0. The van der Waals surface area contributed by atoms with E-state index in [1.54, 1.807) is 0 Å². The van der Waals surface area contributed by atoms with Crippen molar-refractivity contribution in [3.8, 4) is 0 Å². The van der Waals surface area contributed by atoms with E-state index in [-0.39, 0.29) is 31.9 Å². The Morgan fingerprint density at radius 2 is 1.00 bits per heavy atom. The number of fused-ring (bicyclic) bond motifs is 5. The molecule has 0 N–H and O–H groups in total. The first-order valence-electron chi connectivity index (χ1n) is 5.13. The van der Waals surface area contributed by atoms with E-state index in [1.165, 1.54) is 0 Å². The zero-order valence-electron chi connectivity index (χ0n) is 9.12. The average molecular weight is 540 g/mol. The minimum absolute atomic E-state index is 0.0188. The summed E-state index contributed by atoms with van der Waals surface area (Å²) in [7, 11) is 0. The van der Waals surface area contributed by atoms with Crippen molar-refractivity contribution in [3.63, 3.8) is 0 Å². The van der Waals surface area contributed by atoms with Crippen LogP contribution in [0.15, 0.2) is 0 Å². The average Bonchev–Trinajstić information content (AvgIpc) is 3.08. The Labute approximate surface area is 140 Å². The third-order valence-electron chi connectivity index (χ3n) is 2.94. The van der Waals surface area contributed by atoms with Gasteiger partial charge >= 0.3 is 141 Å². The molecule has 4 aromatic rings. The molecule has 2 aromatic carbocycles. The molecule has 0 saturated carbocycles. The molecule has 0 saturated heterocycles. The van der Waals surface area contributed by atoms with Crippen molar-refractivity contribution in [1.29, 1.82) is 0 Å². The molecule has 0 aliphatic rings. The Morgan fingerprint density at radius 1 is 0.650 bits per heavy atom. The van der Waals surface area contributed by atoms with Gasteiger partial charge in [-0.05, 0) is 0 Å². The van der Waals surface area contributed by atoms with E-state index in [0.29, 0.717) is 11.0 Å². The Bertz CT molecular complexity index is 931. The van der Waals surface area contributed by atoms with Gasteiger partial charge in [-0.1, -0.05) is 0 Å². The Kier molecular flexibility index (Phi) is 3.20. The number of hydrogen-bond donors (Lipinski definition) is 0. The molecule has 0 fully saturated rings.